The molecule has 0 unspecified atom stereocenters. The van der Waals surface area contributed by atoms with E-state index in [-0.39, 0.29) is 6.10 Å². The van der Waals surface area contributed by atoms with Crippen molar-refractivity contribution in [2.75, 3.05) is 0 Å². The highest BCUT2D eigenvalue weighted by atomic mass is 16.3. The Hall–Kier alpha value is -0.0400. The Balaban J connectivity index is 2.20. The molecule has 0 aromatic rings. The summed E-state index contributed by atoms with van der Waals surface area (Å²) in [6.07, 6.45) is 3.73. The Labute approximate surface area is 62.4 Å². The van der Waals surface area contributed by atoms with Crippen LogP contribution in [0.4, 0.5) is 0 Å². The van der Waals surface area contributed by atoms with E-state index >= 15 is 0 Å². The van der Waals surface area contributed by atoms with E-state index in [0.29, 0.717) is 11.3 Å². The highest BCUT2D eigenvalue weighted by Crippen LogP contribution is 2.55. The maximum atomic E-state index is 9.55. The number of aliphatic hydroxyl groups is 1. The van der Waals surface area contributed by atoms with E-state index in [1.807, 2.05) is 0 Å². The Morgan fingerprint density at radius 2 is 2.00 bits per heavy atom. The molecular weight excluding hydrogens is 124 g/mol. The van der Waals surface area contributed by atoms with Gasteiger partial charge in [-0.05, 0) is 36.5 Å². The van der Waals surface area contributed by atoms with Crippen molar-refractivity contribution in [2.45, 2.75) is 39.2 Å². The molecule has 0 radical (unpaired) electrons. The van der Waals surface area contributed by atoms with Crippen molar-refractivity contribution >= 4 is 0 Å². The monoisotopic (exact) mass is 140 g/mol. The van der Waals surface area contributed by atoms with Crippen molar-refractivity contribution in [1.82, 2.24) is 0 Å². The molecule has 2 aliphatic rings. The fourth-order valence-electron chi connectivity index (χ4n) is 3.02. The molecule has 1 N–H and O–H groups in total. The van der Waals surface area contributed by atoms with Crippen LogP contribution in [0.3, 0.4) is 0 Å². The lowest BCUT2D eigenvalue weighted by molar-refractivity contribution is 0.0430. The van der Waals surface area contributed by atoms with E-state index in [2.05, 4.69) is 13.8 Å². The van der Waals surface area contributed by atoms with Gasteiger partial charge in [0.2, 0.25) is 0 Å². The lowest BCUT2D eigenvalue weighted by Crippen LogP contribution is -2.30. The molecule has 0 spiro atoms. The van der Waals surface area contributed by atoms with Gasteiger partial charge in [0.25, 0.3) is 0 Å². The lowest BCUT2D eigenvalue weighted by atomic mass is 9.75. The zero-order valence-corrected chi connectivity index (χ0v) is 6.80. The van der Waals surface area contributed by atoms with Crippen molar-refractivity contribution in [2.24, 2.45) is 17.3 Å². The minimum Gasteiger partial charge on any atom is -0.393 e. The largest absolute Gasteiger partial charge is 0.393 e. The van der Waals surface area contributed by atoms with Crippen molar-refractivity contribution in [3.8, 4) is 0 Å². The van der Waals surface area contributed by atoms with Gasteiger partial charge in [-0.1, -0.05) is 13.8 Å². The van der Waals surface area contributed by atoms with Crippen molar-refractivity contribution in [3.05, 3.63) is 0 Å². The van der Waals surface area contributed by atoms with Crippen LogP contribution in [0.15, 0.2) is 0 Å². The number of aliphatic hydroxyl groups excluding tert-OH is 1. The summed E-state index contributed by atoms with van der Waals surface area (Å²) < 4.78 is 0. The molecule has 0 amide bonds. The molecular formula is C9H16O. The number of hydrogen-bond donors (Lipinski definition) is 1. The van der Waals surface area contributed by atoms with Gasteiger partial charge in [0.1, 0.15) is 0 Å². The Bertz CT molecular complexity index is 151. The average molecular weight is 140 g/mol. The second-order valence-electron chi connectivity index (χ2n) is 4.70. The van der Waals surface area contributed by atoms with Gasteiger partial charge in [0, 0.05) is 0 Å². The maximum Gasteiger partial charge on any atom is 0.0576 e. The van der Waals surface area contributed by atoms with Gasteiger partial charge in [-0.2, -0.15) is 0 Å². The average Bonchev–Trinajstić information content (AvgIpc) is 2.18. The van der Waals surface area contributed by atoms with Crippen LogP contribution in [0.5, 0.6) is 0 Å². The molecule has 0 aliphatic heterocycles. The summed E-state index contributed by atoms with van der Waals surface area (Å²) >= 11 is 0. The zero-order chi connectivity index (χ0) is 7.35. The van der Waals surface area contributed by atoms with Crippen LogP contribution in [-0.2, 0) is 0 Å². The summed E-state index contributed by atoms with van der Waals surface area (Å²) in [6, 6.07) is 0. The Morgan fingerprint density at radius 3 is 2.30 bits per heavy atom. The van der Waals surface area contributed by atoms with E-state index in [9.17, 15) is 5.11 Å². The second kappa shape index (κ2) is 1.76. The first-order chi connectivity index (χ1) is 4.59. The van der Waals surface area contributed by atoms with E-state index in [0.717, 1.165) is 12.3 Å². The van der Waals surface area contributed by atoms with Gasteiger partial charge in [-0.15, -0.1) is 0 Å². The van der Waals surface area contributed by atoms with Crippen LogP contribution in [0, 0.1) is 17.3 Å². The first-order valence-electron chi connectivity index (χ1n) is 4.28. The lowest BCUT2D eigenvalue weighted by Gasteiger charge is -2.32. The van der Waals surface area contributed by atoms with E-state index in [4.69, 9.17) is 0 Å². The molecule has 58 valence electrons. The van der Waals surface area contributed by atoms with Crippen LogP contribution < -0.4 is 0 Å². The topological polar surface area (TPSA) is 20.2 Å². The third kappa shape index (κ3) is 0.731. The van der Waals surface area contributed by atoms with Gasteiger partial charge >= 0.3 is 0 Å². The van der Waals surface area contributed by atoms with Crippen LogP contribution in [-0.4, -0.2) is 11.2 Å². The first-order valence-corrected chi connectivity index (χ1v) is 4.28. The predicted molar refractivity (Wildman–Crippen MR) is 40.6 cm³/mol. The highest BCUT2D eigenvalue weighted by molar-refractivity contribution is 5.00. The molecule has 0 heterocycles. The summed E-state index contributed by atoms with van der Waals surface area (Å²) in [5.74, 6) is 1.45. The van der Waals surface area contributed by atoms with Gasteiger partial charge in [-0.25, -0.2) is 0 Å². The molecule has 2 rings (SSSR count). The number of hydrogen-bond acceptors (Lipinski definition) is 1. The minimum atomic E-state index is 0.0220. The number of fused-ring (bicyclic) bond motifs is 2. The third-order valence-corrected chi connectivity index (χ3v) is 3.45. The fraction of sp³-hybridized carbons (Fsp3) is 1.00. The molecule has 1 heteroatoms. The molecule has 10 heavy (non-hydrogen) atoms. The van der Waals surface area contributed by atoms with Crippen molar-refractivity contribution < 1.29 is 5.11 Å². The molecule has 0 aromatic carbocycles. The van der Waals surface area contributed by atoms with Crippen LogP contribution in [0.25, 0.3) is 0 Å². The standard InChI is InChI=1S/C9H16O/c1-9(2)5-6-3-7(9)8(10)4-6/h6-8,10H,3-5H2,1-2H3/t6-,7-,8+/m1/s1. The molecule has 3 atom stereocenters. The molecule has 0 aromatic heterocycles. The summed E-state index contributed by atoms with van der Waals surface area (Å²) in [5.41, 5.74) is 0.433. The maximum absolute atomic E-state index is 9.55. The second-order valence-corrected chi connectivity index (χ2v) is 4.70. The van der Waals surface area contributed by atoms with E-state index in [1.165, 1.54) is 12.8 Å². The predicted octanol–water partition coefficient (Wildman–Crippen LogP) is 1.80. The van der Waals surface area contributed by atoms with Crippen LogP contribution in [0.2, 0.25) is 0 Å². The van der Waals surface area contributed by atoms with Gasteiger partial charge < -0.3 is 5.11 Å². The van der Waals surface area contributed by atoms with Crippen molar-refractivity contribution in [3.63, 3.8) is 0 Å². The summed E-state index contributed by atoms with van der Waals surface area (Å²) in [7, 11) is 0. The molecule has 2 bridgehead atoms. The summed E-state index contributed by atoms with van der Waals surface area (Å²) in [6.45, 7) is 4.58. The van der Waals surface area contributed by atoms with Crippen LogP contribution >= 0.6 is 0 Å². The molecule has 0 saturated heterocycles. The third-order valence-electron chi connectivity index (χ3n) is 3.45. The van der Waals surface area contributed by atoms with Gasteiger partial charge in [0.15, 0.2) is 0 Å². The Kier molecular flexibility index (Phi) is 1.17. The minimum absolute atomic E-state index is 0.0220. The van der Waals surface area contributed by atoms with E-state index < -0.39 is 0 Å². The molecule has 2 aliphatic carbocycles. The quantitative estimate of drug-likeness (QED) is 0.544. The summed E-state index contributed by atoms with van der Waals surface area (Å²) in [4.78, 5) is 0. The number of rotatable bonds is 0. The first kappa shape index (κ1) is 6.66. The molecule has 2 fully saturated rings. The highest BCUT2D eigenvalue weighted by Gasteiger charge is 2.49. The summed E-state index contributed by atoms with van der Waals surface area (Å²) in [5, 5.41) is 9.55. The normalized spacial score (nSPS) is 50.1. The SMILES string of the molecule is CC1(C)C[C@@H]2C[C@@H]1[C@@H](O)C2. The van der Waals surface area contributed by atoms with Gasteiger partial charge in [-0.3, -0.25) is 0 Å². The van der Waals surface area contributed by atoms with E-state index in [1.54, 1.807) is 0 Å². The Morgan fingerprint density at radius 1 is 1.30 bits per heavy atom. The van der Waals surface area contributed by atoms with Gasteiger partial charge in [0.05, 0.1) is 6.10 Å². The molecule has 2 saturated carbocycles. The van der Waals surface area contributed by atoms with Crippen LogP contribution in [0.1, 0.15) is 33.1 Å². The fourth-order valence-corrected chi connectivity index (χ4v) is 3.02. The van der Waals surface area contributed by atoms with Crippen molar-refractivity contribution in [1.29, 1.82) is 0 Å². The molecule has 1 nitrogen and oxygen atoms in total. The zero-order valence-electron chi connectivity index (χ0n) is 6.80. The smallest absolute Gasteiger partial charge is 0.0576 e.